The van der Waals surface area contributed by atoms with Crippen LogP contribution >= 0.6 is 0 Å². The molecule has 0 aromatic carbocycles. The molecule has 0 radical (unpaired) electrons. The first kappa shape index (κ1) is 15.6. The van der Waals surface area contributed by atoms with Crippen LogP contribution < -0.4 is 0 Å². The van der Waals surface area contributed by atoms with Crippen molar-refractivity contribution in [3.8, 4) is 11.4 Å². The summed E-state index contributed by atoms with van der Waals surface area (Å²) in [6.45, 7) is 3.19. The molecule has 0 spiro atoms. The van der Waals surface area contributed by atoms with Gasteiger partial charge in [0.1, 0.15) is 0 Å². The molecule has 2 heterocycles. The number of nitrogens with zero attached hydrogens (tertiary/aromatic N) is 2. The molecule has 114 valence electrons. The monoisotopic (exact) mass is 300 g/mol. The molecule has 2 atom stereocenters. The Morgan fingerprint density at radius 1 is 0.818 bits per heavy atom. The van der Waals surface area contributed by atoms with Gasteiger partial charge in [-0.2, -0.15) is 0 Å². The number of carbonyl (C=O) groups is 2. The van der Waals surface area contributed by atoms with Crippen LogP contribution in [0.2, 0.25) is 0 Å². The molecule has 0 aliphatic rings. The lowest BCUT2D eigenvalue weighted by molar-refractivity contribution is -0.139. The Hall–Kier alpha value is -2.76. The minimum absolute atomic E-state index is 0.607. The number of pyridine rings is 2. The molecule has 2 N–H and O–H groups in total. The number of aromatic nitrogens is 2. The molecular formula is C16H16N2O4. The zero-order chi connectivity index (χ0) is 16.3. The van der Waals surface area contributed by atoms with Crippen molar-refractivity contribution in [2.24, 2.45) is 0 Å². The molecule has 2 rings (SSSR count). The average molecular weight is 300 g/mol. The summed E-state index contributed by atoms with van der Waals surface area (Å²) in [6.07, 6.45) is 3.03. The Morgan fingerprint density at radius 3 is 1.41 bits per heavy atom. The Balaban J connectivity index is 2.22. The van der Waals surface area contributed by atoms with E-state index in [1.807, 2.05) is 0 Å². The van der Waals surface area contributed by atoms with E-state index >= 15 is 0 Å². The summed E-state index contributed by atoms with van der Waals surface area (Å²) in [5.74, 6) is -3.04. The average Bonchev–Trinajstić information content (AvgIpc) is 2.53. The highest BCUT2D eigenvalue weighted by Gasteiger charge is 2.15. The topological polar surface area (TPSA) is 100 Å². The second kappa shape index (κ2) is 6.34. The number of aliphatic carboxylic acids is 2. The molecule has 6 nitrogen and oxygen atoms in total. The minimum Gasteiger partial charge on any atom is -0.481 e. The predicted octanol–water partition coefficient (Wildman–Crippen LogP) is 2.52. The van der Waals surface area contributed by atoms with E-state index in [1.54, 1.807) is 38.1 Å². The van der Waals surface area contributed by atoms with E-state index in [2.05, 4.69) is 9.97 Å². The highest BCUT2D eigenvalue weighted by molar-refractivity contribution is 5.76. The van der Waals surface area contributed by atoms with Crippen LogP contribution in [0.25, 0.3) is 11.4 Å². The van der Waals surface area contributed by atoms with Crippen molar-refractivity contribution in [2.45, 2.75) is 25.7 Å². The molecule has 0 aliphatic heterocycles. The minimum atomic E-state index is -0.903. The van der Waals surface area contributed by atoms with Crippen molar-refractivity contribution in [3.63, 3.8) is 0 Å². The number of hydrogen-bond donors (Lipinski definition) is 2. The third-order valence-corrected chi connectivity index (χ3v) is 3.58. The quantitative estimate of drug-likeness (QED) is 0.880. The molecule has 2 aromatic heterocycles. The lowest BCUT2D eigenvalue weighted by Crippen LogP contribution is -2.08. The van der Waals surface area contributed by atoms with Crippen LogP contribution in [0, 0.1) is 0 Å². The molecule has 22 heavy (non-hydrogen) atoms. The van der Waals surface area contributed by atoms with Crippen molar-refractivity contribution in [3.05, 3.63) is 47.8 Å². The van der Waals surface area contributed by atoms with Crippen LogP contribution in [-0.2, 0) is 9.59 Å². The molecule has 0 bridgehead atoms. The third kappa shape index (κ3) is 3.28. The van der Waals surface area contributed by atoms with Gasteiger partial charge in [0, 0.05) is 12.4 Å². The van der Waals surface area contributed by atoms with Crippen LogP contribution in [-0.4, -0.2) is 32.1 Å². The Bertz CT molecular complexity index is 619. The number of hydrogen-bond acceptors (Lipinski definition) is 4. The maximum atomic E-state index is 10.9. The first-order valence-corrected chi connectivity index (χ1v) is 6.78. The van der Waals surface area contributed by atoms with Gasteiger partial charge in [-0.3, -0.25) is 19.6 Å². The van der Waals surface area contributed by atoms with E-state index in [-0.39, 0.29) is 0 Å². The van der Waals surface area contributed by atoms with E-state index in [0.717, 1.165) is 0 Å². The van der Waals surface area contributed by atoms with Crippen molar-refractivity contribution < 1.29 is 19.8 Å². The fraction of sp³-hybridized carbons (Fsp3) is 0.250. The number of carboxylic acids is 2. The molecule has 2 aromatic rings. The van der Waals surface area contributed by atoms with Gasteiger partial charge in [-0.25, -0.2) is 0 Å². The van der Waals surface area contributed by atoms with Crippen molar-refractivity contribution >= 4 is 11.9 Å². The zero-order valence-corrected chi connectivity index (χ0v) is 12.2. The normalized spacial score (nSPS) is 13.4. The molecule has 0 saturated heterocycles. The molecule has 0 saturated carbocycles. The Kier molecular flexibility index (Phi) is 4.50. The van der Waals surface area contributed by atoms with E-state index in [9.17, 15) is 9.59 Å². The first-order chi connectivity index (χ1) is 10.4. The standard InChI is InChI=1S/C16H16N2O4/c1-9(15(19)20)11-3-5-13(17-7-11)14-6-4-12(8-18-14)10(2)16(21)22/h3-10H,1-2H3,(H,19,20)(H,21,22). The smallest absolute Gasteiger partial charge is 0.310 e. The highest BCUT2D eigenvalue weighted by atomic mass is 16.4. The molecule has 0 aliphatic carbocycles. The molecule has 0 fully saturated rings. The van der Waals surface area contributed by atoms with Gasteiger partial charge in [0.15, 0.2) is 0 Å². The van der Waals surface area contributed by atoms with Crippen LogP contribution in [0.5, 0.6) is 0 Å². The maximum Gasteiger partial charge on any atom is 0.310 e. The zero-order valence-electron chi connectivity index (χ0n) is 12.2. The summed E-state index contributed by atoms with van der Waals surface area (Å²) >= 11 is 0. The molecular weight excluding hydrogens is 284 g/mol. The summed E-state index contributed by atoms with van der Waals surface area (Å²) in [6, 6.07) is 6.82. The third-order valence-electron chi connectivity index (χ3n) is 3.58. The van der Waals surface area contributed by atoms with E-state index in [1.165, 1.54) is 12.4 Å². The number of rotatable bonds is 5. The SMILES string of the molecule is CC(C(=O)O)c1ccc(-c2ccc(C(C)C(=O)O)cn2)nc1. The van der Waals surface area contributed by atoms with Gasteiger partial charge < -0.3 is 10.2 Å². The van der Waals surface area contributed by atoms with Crippen molar-refractivity contribution in [1.82, 2.24) is 9.97 Å². The van der Waals surface area contributed by atoms with E-state index in [4.69, 9.17) is 10.2 Å². The van der Waals surface area contributed by atoms with Gasteiger partial charge in [0.2, 0.25) is 0 Å². The van der Waals surface area contributed by atoms with Crippen LogP contribution in [0.4, 0.5) is 0 Å². The second-order valence-corrected chi connectivity index (χ2v) is 5.07. The van der Waals surface area contributed by atoms with Gasteiger partial charge in [0.25, 0.3) is 0 Å². The van der Waals surface area contributed by atoms with Crippen LogP contribution in [0.3, 0.4) is 0 Å². The second-order valence-electron chi connectivity index (χ2n) is 5.07. The molecule has 2 unspecified atom stereocenters. The molecule has 0 amide bonds. The summed E-state index contributed by atoms with van der Waals surface area (Å²) in [5, 5.41) is 17.9. The number of carboxylic acid groups (broad SMARTS) is 2. The lowest BCUT2D eigenvalue weighted by Gasteiger charge is -2.08. The highest BCUT2D eigenvalue weighted by Crippen LogP contribution is 2.21. The molecule has 6 heteroatoms. The largest absolute Gasteiger partial charge is 0.481 e. The summed E-state index contributed by atoms with van der Waals surface area (Å²) in [4.78, 5) is 30.3. The van der Waals surface area contributed by atoms with Gasteiger partial charge in [-0.1, -0.05) is 12.1 Å². The van der Waals surface area contributed by atoms with Gasteiger partial charge >= 0.3 is 11.9 Å². The maximum absolute atomic E-state index is 10.9. The Morgan fingerprint density at radius 2 is 1.18 bits per heavy atom. The van der Waals surface area contributed by atoms with Gasteiger partial charge in [0.05, 0.1) is 23.2 Å². The fourth-order valence-electron chi connectivity index (χ4n) is 1.91. The fourth-order valence-corrected chi connectivity index (χ4v) is 1.91. The van der Waals surface area contributed by atoms with Crippen molar-refractivity contribution in [1.29, 1.82) is 0 Å². The van der Waals surface area contributed by atoms with Gasteiger partial charge in [-0.15, -0.1) is 0 Å². The van der Waals surface area contributed by atoms with Crippen molar-refractivity contribution in [2.75, 3.05) is 0 Å². The summed E-state index contributed by atoms with van der Waals surface area (Å²) in [7, 11) is 0. The van der Waals surface area contributed by atoms with Gasteiger partial charge in [-0.05, 0) is 37.1 Å². The lowest BCUT2D eigenvalue weighted by atomic mass is 10.0. The summed E-state index contributed by atoms with van der Waals surface area (Å²) in [5.41, 5.74) is 2.45. The van der Waals surface area contributed by atoms with Crippen LogP contribution in [0.15, 0.2) is 36.7 Å². The Labute approximate surface area is 127 Å². The summed E-state index contributed by atoms with van der Waals surface area (Å²) < 4.78 is 0. The van der Waals surface area contributed by atoms with Crippen LogP contribution in [0.1, 0.15) is 36.8 Å². The predicted molar refractivity (Wildman–Crippen MR) is 79.6 cm³/mol. The van der Waals surface area contributed by atoms with E-state index in [0.29, 0.717) is 22.5 Å². The van der Waals surface area contributed by atoms with E-state index < -0.39 is 23.8 Å². The first-order valence-electron chi connectivity index (χ1n) is 6.78.